The topological polar surface area (TPSA) is 57.6 Å². The first-order chi connectivity index (χ1) is 6.16. The first-order valence-corrected chi connectivity index (χ1v) is 4.64. The van der Waals surface area contributed by atoms with Gasteiger partial charge in [-0.05, 0) is 12.8 Å². The summed E-state index contributed by atoms with van der Waals surface area (Å²) in [7, 11) is 0. The summed E-state index contributed by atoms with van der Waals surface area (Å²) in [5.41, 5.74) is 0. The van der Waals surface area contributed by atoms with Crippen LogP contribution < -0.4 is 0 Å². The summed E-state index contributed by atoms with van der Waals surface area (Å²) in [6.45, 7) is 1.39. The lowest BCUT2D eigenvalue weighted by atomic mass is 9.97. The number of ketones is 1. The third kappa shape index (κ3) is 1.58. The SMILES string of the molecule is O=C(O)CN1CC2CCC(C1)C2=O. The standard InChI is InChI=1S/C9H13NO3/c11-8(12)5-10-3-6-1-2-7(4-10)9(6)13/h6-7H,1-5H2,(H,11,12). The van der Waals surface area contributed by atoms with Gasteiger partial charge in [-0.3, -0.25) is 14.5 Å². The minimum atomic E-state index is -0.797. The smallest absolute Gasteiger partial charge is 0.317 e. The average molecular weight is 183 g/mol. The van der Waals surface area contributed by atoms with Crippen molar-refractivity contribution in [1.29, 1.82) is 0 Å². The molecule has 1 heterocycles. The number of hydrogen-bond donors (Lipinski definition) is 1. The van der Waals surface area contributed by atoms with Crippen molar-refractivity contribution in [2.24, 2.45) is 11.8 Å². The van der Waals surface area contributed by atoms with E-state index in [0.717, 1.165) is 12.8 Å². The van der Waals surface area contributed by atoms with E-state index < -0.39 is 5.97 Å². The summed E-state index contributed by atoms with van der Waals surface area (Å²) in [5, 5.41) is 8.60. The molecule has 2 atom stereocenters. The van der Waals surface area contributed by atoms with E-state index >= 15 is 0 Å². The van der Waals surface area contributed by atoms with Gasteiger partial charge in [0.2, 0.25) is 0 Å². The maximum absolute atomic E-state index is 11.4. The van der Waals surface area contributed by atoms with E-state index in [-0.39, 0.29) is 18.4 Å². The lowest BCUT2D eigenvalue weighted by Gasteiger charge is -2.29. The Labute approximate surface area is 76.5 Å². The van der Waals surface area contributed by atoms with Crippen molar-refractivity contribution in [2.75, 3.05) is 19.6 Å². The number of aliphatic carboxylic acids is 1. The molecule has 72 valence electrons. The number of piperidine rings is 1. The lowest BCUT2D eigenvalue weighted by Crippen LogP contribution is -2.44. The van der Waals surface area contributed by atoms with E-state index in [9.17, 15) is 9.59 Å². The quantitative estimate of drug-likeness (QED) is 0.653. The highest BCUT2D eigenvalue weighted by Crippen LogP contribution is 2.32. The van der Waals surface area contributed by atoms with E-state index in [1.54, 1.807) is 0 Å². The second-order valence-corrected chi connectivity index (χ2v) is 3.96. The van der Waals surface area contributed by atoms with Crippen molar-refractivity contribution in [1.82, 2.24) is 4.90 Å². The Hall–Kier alpha value is -0.900. The van der Waals surface area contributed by atoms with Crippen LogP contribution in [-0.2, 0) is 9.59 Å². The van der Waals surface area contributed by atoms with Crippen LogP contribution in [0.1, 0.15) is 12.8 Å². The van der Waals surface area contributed by atoms with Crippen molar-refractivity contribution in [3.63, 3.8) is 0 Å². The third-order valence-corrected chi connectivity index (χ3v) is 2.98. The Morgan fingerprint density at radius 2 is 1.92 bits per heavy atom. The lowest BCUT2D eigenvalue weighted by molar-refractivity contribution is -0.140. The molecule has 4 nitrogen and oxygen atoms in total. The Bertz CT molecular complexity index is 235. The first-order valence-electron chi connectivity index (χ1n) is 4.64. The van der Waals surface area contributed by atoms with Gasteiger partial charge in [0.15, 0.2) is 0 Å². The number of Topliss-reactive ketones (excluding diaryl/α,β-unsaturated/α-hetero) is 1. The monoisotopic (exact) mass is 183 g/mol. The molecule has 1 saturated carbocycles. The van der Waals surface area contributed by atoms with Gasteiger partial charge >= 0.3 is 5.97 Å². The van der Waals surface area contributed by atoms with E-state index in [4.69, 9.17) is 5.11 Å². The van der Waals surface area contributed by atoms with Gasteiger partial charge in [-0.1, -0.05) is 0 Å². The molecule has 2 bridgehead atoms. The molecule has 1 N–H and O–H groups in total. The average Bonchev–Trinajstić information content (AvgIpc) is 2.33. The van der Waals surface area contributed by atoms with Crippen LogP contribution in [0.15, 0.2) is 0 Å². The molecular formula is C9H13NO3. The molecular weight excluding hydrogens is 170 g/mol. The van der Waals surface area contributed by atoms with Gasteiger partial charge in [0.25, 0.3) is 0 Å². The minimum absolute atomic E-state index is 0.0836. The molecule has 1 saturated heterocycles. The van der Waals surface area contributed by atoms with Gasteiger partial charge < -0.3 is 5.11 Å². The fraction of sp³-hybridized carbons (Fsp3) is 0.778. The molecule has 2 aliphatic rings. The minimum Gasteiger partial charge on any atom is -0.480 e. The van der Waals surface area contributed by atoms with E-state index in [1.165, 1.54) is 0 Å². The molecule has 13 heavy (non-hydrogen) atoms. The molecule has 0 spiro atoms. The van der Waals surface area contributed by atoms with Crippen molar-refractivity contribution in [3.05, 3.63) is 0 Å². The number of hydrogen-bond acceptors (Lipinski definition) is 3. The van der Waals surface area contributed by atoms with E-state index in [1.807, 2.05) is 4.90 Å². The van der Waals surface area contributed by atoms with Crippen LogP contribution in [0.5, 0.6) is 0 Å². The Morgan fingerprint density at radius 1 is 1.38 bits per heavy atom. The zero-order valence-corrected chi connectivity index (χ0v) is 7.40. The second kappa shape index (κ2) is 3.10. The van der Waals surface area contributed by atoms with Crippen LogP contribution >= 0.6 is 0 Å². The summed E-state index contributed by atoms with van der Waals surface area (Å²) in [6.07, 6.45) is 1.92. The highest BCUT2D eigenvalue weighted by molar-refractivity contribution is 5.86. The molecule has 4 heteroatoms. The predicted molar refractivity (Wildman–Crippen MR) is 45.3 cm³/mol. The van der Waals surface area contributed by atoms with Crippen molar-refractivity contribution in [2.45, 2.75) is 12.8 Å². The zero-order valence-electron chi connectivity index (χ0n) is 7.40. The fourth-order valence-electron chi connectivity index (χ4n) is 2.40. The van der Waals surface area contributed by atoms with Crippen LogP contribution in [0.2, 0.25) is 0 Å². The van der Waals surface area contributed by atoms with Crippen molar-refractivity contribution >= 4 is 11.8 Å². The first kappa shape index (κ1) is 8.69. The molecule has 0 radical (unpaired) electrons. The maximum atomic E-state index is 11.4. The van der Waals surface area contributed by atoms with Gasteiger partial charge in [-0.25, -0.2) is 0 Å². The fourth-order valence-corrected chi connectivity index (χ4v) is 2.40. The van der Waals surface area contributed by atoms with Crippen LogP contribution in [0.25, 0.3) is 0 Å². The largest absolute Gasteiger partial charge is 0.480 e. The summed E-state index contributed by atoms with van der Waals surface area (Å²) in [4.78, 5) is 23.8. The van der Waals surface area contributed by atoms with Gasteiger partial charge in [0.1, 0.15) is 5.78 Å². The van der Waals surface area contributed by atoms with Crippen LogP contribution in [0, 0.1) is 11.8 Å². The Morgan fingerprint density at radius 3 is 2.38 bits per heavy atom. The van der Waals surface area contributed by atoms with Gasteiger partial charge in [-0.15, -0.1) is 0 Å². The summed E-state index contributed by atoms with van der Waals surface area (Å²) < 4.78 is 0. The summed E-state index contributed by atoms with van der Waals surface area (Å²) >= 11 is 0. The number of carbonyl (C=O) groups is 2. The highest BCUT2D eigenvalue weighted by atomic mass is 16.4. The van der Waals surface area contributed by atoms with Crippen molar-refractivity contribution < 1.29 is 14.7 Å². The van der Waals surface area contributed by atoms with E-state index in [0.29, 0.717) is 18.9 Å². The molecule has 0 aromatic rings. The molecule has 0 amide bonds. The van der Waals surface area contributed by atoms with Gasteiger partial charge in [0, 0.05) is 24.9 Å². The van der Waals surface area contributed by atoms with Crippen LogP contribution in [-0.4, -0.2) is 41.4 Å². The third-order valence-electron chi connectivity index (χ3n) is 2.98. The van der Waals surface area contributed by atoms with Gasteiger partial charge in [0.05, 0.1) is 6.54 Å². The number of fused-ring (bicyclic) bond motifs is 2. The number of rotatable bonds is 2. The van der Waals surface area contributed by atoms with E-state index in [2.05, 4.69) is 0 Å². The molecule has 2 unspecified atom stereocenters. The van der Waals surface area contributed by atoms with Crippen LogP contribution in [0.4, 0.5) is 0 Å². The summed E-state index contributed by atoms with van der Waals surface area (Å²) in [5.74, 6) is -0.188. The molecule has 2 fully saturated rings. The maximum Gasteiger partial charge on any atom is 0.317 e. The molecule has 1 aliphatic heterocycles. The molecule has 0 aromatic carbocycles. The normalized spacial score (nSPS) is 33.7. The Kier molecular flexibility index (Phi) is 2.07. The number of carboxylic acids is 1. The number of carbonyl (C=O) groups excluding carboxylic acids is 1. The number of carboxylic acid groups (broad SMARTS) is 1. The van der Waals surface area contributed by atoms with Crippen molar-refractivity contribution in [3.8, 4) is 0 Å². The zero-order chi connectivity index (χ0) is 9.42. The predicted octanol–water partition coefficient (Wildman–Crippen LogP) is -0.0181. The van der Waals surface area contributed by atoms with Gasteiger partial charge in [-0.2, -0.15) is 0 Å². The number of likely N-dealkylation sites (tertiary alicyclic amines) is 1. The Balaban J connectivity index is 1.98. The second-order valence-electron chi connectivity index (χ2n) is 3.96. The number of nitrogens with zero attached hydrogens (tertiary/aromatic N) is 1. The molecule has 1 aliphatic carbocycles. The molecule has 0 aromatic heterocycles. The summed E-state index contributed by atoms with van der Waals surface area (Å²) in [6, 6.07) is 0. The highest BCUT2D eigenvalue weighted by Gasteiger charge is 2.40. The van der Waals surface area contributed by atoms with Crippen LogP contribution in [0.3, 0.4) is 0 Å². The molecule has 2 rings (SSSR count).